The third-order valence-electron chi connectivity index (χ3n) is 6.75. The van der Waals surface area contributed by atoms with Gasteiger partial charge in [-0.05, 0) is 78.4 Å². The van der Waals surface area contributed by atoms with Crippen LogP contribution >= 0.6 is 11.8 Å². The van der Waals surface area contributed by atoms with E-state index in [-0.39, 0.29) is 0 Å². The maximum atomic E-state index is 11.0. The molecule has 5 aromatic rings. The van der Waals surface area contributed by atoms with E-state index in [0.717, 1.165) is 34.1 Å². The molecule has 2 heterocycles. The maximum absolute atomic E-state index is 11.0. The number of phenols is 1. The molecule has 1 aromatic heterocycles. The molecule has 0 fully saturated rings. The molecule has 0 spiro atoms. The SMILES string of the molecule is CC1=Cc2cc(-n3ccc4ccccc43)cc(N3c4ccccc4Sc4cccc(O)c43)c2C1. The number of allylic oxidation sites excluding steroid dienone is 1. The van der Waals surface area contributed by atoms with Gasteiger partial charge >= 0.3 is 0 Å². The summed E-state index contributed by atoms with van der Waals surface area (Å²) in [4.78, 5) is 4.51. The lowest BCUT2D eigenvalue weighted by Gasteiger charge is -2.35. The van der Waals surface area contributed by atoms with E-state index in [0.29, 0.717) is 5.75 Å². The number of nitrogens with zero attached hydrogens (tertiary/aromatic N) is 2. The number of aromatic hydroxyl groups is 1. The van der Waals surface area contributed by atoms with Crippen LogP contribution in [-0.4, -0.2) is 9.67 Å². The van der Waals surface area contributed by atoms with Gasteiger partial charge in [-0.2, -0.15) is 0 Å². The number of phenolic OH excluding ortho intramolecular Hbond substituents is 1. The van der Waals surface area contributed by atoms with Gasteiger partial charge in [0, 0.05) is 21.7 Å². The first kappa shape index (κ1) is 19.6. The molecule has 4 aromatic carbocycles. The van der Waals surface area contributed by atoms with E-state index in [9.17, 15) is 5.11 Å². The fraction of sp³-hybridized carbons (Fsp3) is 0.0667. The normalized spacial score (nSPS) is 14.0. The molecular formula is C30H22N2OS. The van der Waals surface area contributed by atoms with E-state index in [1.54, 1.807) is 17.8 Å². The van der Waals surface area contributed by atoms with Crippen LogP contribution in [0.4, 0.5) is 17.1 Å². The first-order valence-corrected chi connectivity index (χ1v) is 12.3. The second-order valence-electron chi connectivity index (χ2n) is 8.97. The van der Waals surface area contributed by atoms with Crippen molar-refractivity contribution in [3.63, 3.8) is 0 Å². The maximum Gasteiger partial charge on any atom is 0.140 e. The molecular weight excluding hydrogens is 436 g/mol. The number of anilines is 3. The average Bonchev–Trinajstić information content (AvgIpc) is 3.45. The van der Waals surface area contributed by atoms with Crippen LogP contribution in [0, 0.1) is 0 Å². The number of hydrogen-bond acceptors (Lipinski definition) is 3. The minimum Gasteiger partial charge on any atom is -0.506 e. The van der Waals surface area contributed by atoms with Crippen LogP contribution in [0.25, 0.3) is 22.7 Å². The van der Waals surface area contributed by atoms with E-state index in [1.807, 2.05) is 6.07 Å². The Bertz CT molecular complexity index is 1650. The molecule has 2 aliphatic rings. The quantitative estimate of drug-likeness (QED) is 0.283. The highest BCUT2D eigenvalue weighted by Gasteiger charge is 2.30. The van der Waals surface area contributed by atoms with Gasteiger partial charge in [-0.1, -0.05) is 59.8 Å². The molecule has 0 bridgehead atoms. The minimum atomic E-state index is 0.299. The van der Waals surface area contributed by atoms with Crippen molar-refractivity contribution in [2.75, 3.05) is 4.90 Å². The van der Waals surface area contributed by atoms with Crippen molar-refractivity contribution in [2.24, 2.45) is 0 Å². The Morgan fingerprint density at radius 2 is 1.65 bits per heavy atom. The summed E-state index contributed by atoms with van der Waals surface area (Å²) in [6, 6.07) is 29.5. The molecule has 3 nitrogen and oxygen atoms in total. The van der Waals surface area contributed by atoms with Crippen molar-refractivity contribution in [3.05, 3.63) is 108 Å². The summed E-state index contributed by atoms with van der Waals surface area (Å²) in [6.07, 6.45) is 5.35. The van der Waals surface area contributed by atoms with E-state index in [1.165, 1.54) is 32.5 Å². The summed E-state index contributed by atoms with van der Waals surface area (Å²) in [5.41, 5.74) is 9.27. The highest BCUT2D eigenvalue weighted by Crippen LogP contribution is 2.56. The molecule has 1 aliphatic carbocycles. The largest absolute Gasteiger partial charge is 0.506 e. The Morgan fingerprint density at radius 1 is 0.824 bits per heavy atom. The van der Waals surface area contributed by atoms with Gasteiger partial charge in [0.25, 0.3) is 0 Å². The molecule has 0 unspecified atom stereocenters. The molecule has 1 N–H and O–H groups in total. The molecule has 7 rings (SSSR count). The first-order chi connectivity index (χ1) is 16.7. The predicted molar refractivity (Wildman–Crippen MR) is 141 cm³/mol. The monoisotopic (exact) mass is 458 g/mol. The van der Waals surface area contributed by atoms with Crippen molar-refractivity contribution in [2.45, 2.75) is 23.1 Å². The number of hydrogen-bond donors (Lipinski definition) is 1. The first-order valence-electron chi connectivity index (χ1n) is 11.5. The third-order valence-corrected chi connectivity index (χ3v) is 7.86. The van der Waals surface area contributed by atoms with Crippen LogP contribution in [0.1, 0.15) is 18.1 Å². The Balaban J connectivity index is 1.53. The van der Waals surface area contributed by atoms with E-state index >= 15 is 0 Å². The summed E-state index contributed by atoms with van der Waals surface area (Å²) in [5.74, 6) is 0.299. The zero-order valence-corrected chi connectivity index (χ0v) is 19.5. The molecule has 4 heteroatoms. The zero-order chi connectivity index (χ0) is 22.8. The summed E-state index contributed by atoms with van der Waals surface area (Å²) in [7, 11) is 0. The predicted octanol–water partition coefficient (Wildman–Crippen LogP) is 8.23. The standard InChI is InChI=1S/C30H22N2OS/c1-19-15-21-17-22(31-14-13-20-7-2-3-8-24(20)31)18-26(23(21)16-19)32-25-9-4-5-11-28(25)34-29-12-6-10-27(33)30(29)32/h2-15,17-18,33H,16H2,1H3. The Kier molecular flexibility index (Phi) is 4.20. The summed E-state index contributed by atoms with van der Waals surface area (Å²) < 4.78 is 2.26. The van der Waals surface area contributed by atoms with Crippen molar-refractivity contribution in [1.82, 2.24) is 4.57 Å². The van der Waals surface area contributed by atoms with E-state index < -0.39 is 0 Å². The molecule has 0 amide bonds. The number of aromatic nitrogens is 1. The van der Waals surface area contributed by atoms with Gasteiger partial charge < -0.3 is 14.6 Å². The topological polar surface area (TPSA) is 28.4 Å². The molecule has 0 atom stereocenters. The van der Waals surface area contributed by atoms with Gasteiger partial charge in [-0.3, -0.25) is 0 Å². The molecule has 0 saturated carbocycles. The molecule has 0 radical (unpaired) electrons. The van der Waals surface area contributed by atoms with Gasteiger partial charge in [0.05, 0.1) is 16.9 Å². The molecule has 0 saturated heterocycles. The van der Waals surface area contributed by atoms with Crippen molar-refractivity contribution < 1.29 is 5.11 Å². The molecule has 34 heavy (non-hydrogen) atoms. The van der Waals surface area contributed by atoms with Gasteiger partial charge in [0.1, 0.15) is 11.4 Å². The van der Waals surface area contributed by atoms with Crippen LogP contribution < -0.4 is 4.90 Å². The van der Waals surface area contributed by atoms with Gasteiger partial charge in [-0.25, -0.2) is 0 Å². The van der Waals surface area contributed by atoms with Crippen molar-refractivity contribution in [3.8, 4) is 11.4 Å². The Morgan fingerprint density at radius 3 is 2.59 bits per heavy atom. The lowest BCUT2D eigenvalue weighted by Crippen LogP contribution is -2.17. The second kappa shape index (κ2) is 7.31. The number of benzene rings is 4. The van der Waals surface area contributed by atoms with Crippen LogP contribution in [0.3, 0.4) is 0 Å². The van der Waals surface area contributed by atoms with Gasteiger partial charge in [0.15, 0.2) is 0 Å². The van der Waals surface area contributed by atoms with Crippen LogP contribution in [-0.2, 0) is 6.42 Å². The lowest BCUT2D eigenvalue weighted by atomic mass is 10.0. The van der Waals surface area contributed by atoms with Crippen LogP contribution in [0.2, 0.25) is 0 Å². The number of fused-ring (bicyclic) bond motifs is 4. The summed E-state index contributed by atoms with van der Waals surface area (Å²) in [6.45, 7) is 2.19. The zero-order valence-electron chi connectivity index (χ0n) is 18.7. The van der Waals surface area contributed by atoms with Crippen molar-refractivity contribution in [1.29, 1.82) is 0 Å². The molecule has 164 valence electrons. The van der Waals surface area contributed by atoms with E-state index in [4.69, 9.17) is 0 Å². The highest BCUT2D eigenvalue weighted by atomic mass is 32.2. The smallest absolute Gasteiger partial charge is 0.140 e. The minimum absolute atomic E-state index is 0.299. The fourth-order valence-electron chi connectivity index (χ4n) is 5.26. The summed E-state index contributed by atoms with van der Waals surface area (Å²) in [5, 5.41) is 12.3. The average molecular weight is 459 g/mol. The van der Waals surface area contributed by atoms with E-state index in [2.05, 4.69) is 101 Å². The third kappa shape index (κ3) is 2.85. The fourth-order valence-corrected chi connectivity index (χ4v) is 6.35. The Hall–Kier alpha value is -3.89. The number of rotatable bonds is 2. The van der Waals surface area contributed by atoms with Gasteiger partial charge in [0.2, 0.25) is 0 Å². The van der Waals surface area contributed by atoms with Crippen molar-refractivity contribution >= 4 is 45.8 Å². The molecule has 1 aliphatic heterocycles. The number of para-hydroxylation sites is 3. The lowest BCUT2D eigenvalue weighted by molar-refractivity contribution is 0.475. The van der Waals surface area contributed by atoms with Crippen LogP contribution in [0.15, 0.2) is 106 Å². The summed E-state index contributed by atoms with van der Waals surface area (Å²) >= 11 is 1.71. The van der Waals surface area contributed by atoms with Gasteiger partial charge in [-0.15, -0.1) is 0 Å². The van der Waals surface area contributed by atoms with Crippen LogP contribution in [0.5, 0.6) is 5.75 Å². The highest BCUT2D eigenvalue weighted by molar-refractivity contribution is 7.99. The Labute approximate surface area is 202 Å². The second-order valence-corrected chi connectivity index (χ2v) is 10.1.